The summed E-state index contributed by atoms with van der Waals surface area (Å²) in [7, 11) is 0. The molecule has 0 bridgehead atoms. The quantitative estimate of drug-likeness (QED) is 0.128. The second-order valence-corrected chi connectivity index (χ2v) is 17.1. The van der Waals surface area contributed by atoms with Crippen molar-refractivity contribution in [2.75, 3.05) is 0 Å². The Kier molecular flexibility index (Phi) is 7.17. The van der Waals surface area contributed by atoms with Crippen molar-refractivity contribution in [3.63, 3.8) is 0 Å². The molecule has 0 fully saturated rings. The summed E-state index contributed by atoms with van der Waals surface area (Å²) in [6, 6.07) is 80.6. The maximum absolute atomic E-state index is 6.90. The minimum atomic E-state index is 0.890. The Bertz CT molecular complexity index is 4170. The van der Waals surface area contributed by atoms with Gasteiger partial charge in [-0.1, -0.05) is 188 Å². The summed E-state index contributed by atoms with van der Waals surface area (Å²) in [6.45, 7) is 0. The van der Waals surface area contributed by atoms with Gasteiger partial charge in [-0.15, -0.1) is 0 Å². The third kappa shape index (κ3) is 5.11. The number of furan rings is 1. The van der Waals surface area contributed by atoms with Gasteiger partial charge in [0.05, 0.1) is 0 Å². The average Bonchev–Trinajstić information content (AvgIpc) is 3.71. The van der Waals surface area contributed by atoms with Crippen LogP contribution < -0.4 is 0 Å². The molecule has 0 aliphatic rings. The lowest BCUT2D eigenvalue weighted by Crippen LogP contribution is -1.91. The van der Waals surface area contributed by atoms with Crippen molar-refractivity contribution in [2.24, 2.45) is 0 Å². The number of fused-ring (bicyclic) bond motifs is 8. The van der Waals surface area contributed by atoms with E-state index in [0.717, 1.165) is 33.1 Å². The fourth-order valence-corrected chi connectivity index (χ4v) is 10.8. The Balaban J connectivity index is 1.01. The van der Waals surface area contributed by atoms with Gasteiger partial charge < -0.3 is 4.42 Å². The van der Waals surface area contributed by atoms with Gasteiger partial charge in [-0.3, -0.25) is 0 Å². The zero-order valence-electron chi connectivity index (χ0n) is 34.2. The molecule has 14 aromatic rings. The summed E-state index contributed by atoms with van der Waals surface area (Å²) in [4.78, 5) is 0. The van der Waals surface area contributed by atoms with Gasteiger partial charge in [0.2, 0.25) is 0 Å². The van der Waals surface area contributed by atoms with Crippen LogP contribution in [0.5, 0.6) is 0 Å². The van der Waals surface area contributed by atoms with E-state index in [4.69, 9.17) is 4.42 Å². The Morgan fingerprint density at radius 1 is 0.222 bits per heavy atom. The van der Waals surface area contributed by atoms with E-state index >= 15 is 0 Å². The molecule has 0 saturated heterocycles. The summed E-state index contributed by atoms with van der Waals surface area (Å²) >= 11 is 0. The summed E-state index contributed by atoms with van der Waals surface area (Å²) in [6.07, 6.45) is 0. The van der Waals surface area contributed by atoms with E-state index in [0.29, 0.717) is 0 Å². The molecular weight excluding hydrogens is 761 g/mol. The Labute approximate surface area is 363 Å². The fourth-order valence-electron chi connectivity index (χ4n) is 10.8. The molecule has 1 aromatic heterocycles. The van der Waals surface area contributed by atoms with Crippen molar-refractivity contribution in [3.05, 3.63) is 218 Å². The molecule has 13 aromatic carbocycles. The first-order valence-electron chi connectivity index (χ1n) is 21.8. The van der Waals surface area contributed by atoms with E-state index < -0.39 is 0 Å². The molecule has 0 saturated carbocycles. The van der Waals surface area contributed by atoms with E-state index in [1.165, 1.54) is 109 Å². The summed E-state index contributed by atoms with van der Waals surface area (Å²) in [5, 5.41) is 19.9. The van der Waals surface area contributed by atoms with Gasteiger partial charge in [0, 0.05) is 10.8 Å². The van der Waals surface area contributed by atoms with Crippen molar-refractivity contribution in [3.8, 4) is 44.5 Å². The van der Waals surface area contributed by atoms with Gasteiger partial charge in [-0.2, -0.15) is 0 Å². The topological polar surface area (TPSA) is 13.1 Å². The average molecular weight is 797 g/mol. The molecular formula is C62H36O. The molecule has 63 heavy (non-hydrogen) atoms. The summed E-state index contributed by atoms with van der Waals surface area (Å²) in [5.74, 6) is 0. The SMILES string of the molecule is c1ccc(-c2ccc3ccc4c(-c5cc(-c6ccc(-c7c8ccccc8cc8c7ccc7ccccc78)cc6)cc6oc7cc8ccccc8cc7c56)ccc5ccc2c3c54)cc1. The molecule has 290 valence electrons. The summed E-state index contributed by atoms with van der Waals surface area (Å²) in [5.41, 5.74) is 11.4. The molecule has 14 rings (SSSR count). The van der Waals surface area contributed by atoms with Crippen LogP contribution in [0.4, 0.5) is 0 Å². The standard InChI is InChI=1S/C62H36O/c1-2-10-38(11-3-1)48-27-23-41-26-31-52-50(28-24-42-25-30-51(48)60(41)61(42)52)55-34-46(36-58-62(55)56-32-43-13-4-5-14-44(43)35-57(56)63-58)37-18-20-40(21-19-37)59-49-17-9-7-15-45(49)33-54-47-16-8-6-12-39(47)22-29-53(54)59/h1-36H. The molecule has 0 radical (unpaired) electrons. The molecule has 0 unspecified atom stereocenters. The van der Waals surface area contributed by atoms with Crippen LogP contribution in [0.15, 0.2) is 223 Å². The number of hydrogen-bond donors (Lipinski definition) is 0. The van der Waals surface area contributed by atoms with Gasteiger partial charge in [-0.05, 0) is 150 Å². The highest BCUT2D eigenvalue weighted by molar-refractivity contribution is 6.29. The highest BCUT2D eigenvalue weighted by Gasteiger charge is 2.21. The largest absolute Gasteiger partial charge is 0.456 e. The van der Waals surface area contributed by atoms with Gasteiger partial charge in [0.25, 0.3) is 0 Å². The zero-order valence-corrected chi connectivity index (χ0v) is 34.2. The van der Waals surface area contributed by atoms with E-state index in [2.05, 4.69) is 218 Å². The Hall–Kier alpha value is -8.26. The Morgan fingerprint density at radius 2 is 0.794 bits per heavy atom. The third-order valence-electron chi connectivity index (χ3n) is 13.8. The normalized spacial score (nSPS) is 12.1. The van der Waals surface area contributed by atoms with Gasteiger partial charge in [0.15, 0.2) is 0 Å². The molecule has 0 N–H and O–H groups in total. The second kappa shape index (κ2) is 13.1. The van der Waals surface area contributed by atoms with Gasteiger partial charge in [-0.25, -0.2) is 0 Å². The van der Waals surface area contributed by atoms with Crippen molar-refractivity contribution < 1.29 is 4.42 Å². The molecule has 1 heterocycles. The van der Waals surface area contributed by atoms with Crippen LogP contribution in [-0.2, 0) is 0 Å². The van der Waals surface area contributed by atoms with Crippen LogP contribution in [0, 0.1) is 0 Å². The number of benzene rings is 13. The van der Waals surface area contributed by atoms with E-state index in [1.807, 2.05) is 0 Å². The van der Waals surface area contributed by atoms with Crippen LogP contribution in [0.1, 0.15) is 0 Å². The lowest BCUT2D eigenvalue weighted by molar-refractivity contribution is 0.669. The van der Waals surface area contributed by atoms with Crippen molar-refractivity contribution in [2.45, 2.75) is 0 Å². The highest BCUT2D eigenvalue weighted by atomic mass is 16.3. The fraction of sp³-hybridized carbons (Fsp3) is 0. The van der Waals surface area contributed by atoms with Crippen molar-refractivity contribution in [1.29, 1.82) is 0 Å². The molecule has 1 nitrogen and oxygen atoms in total. The van der Waals surface area contributed by atoms with Gasteiger partial charge >= 0.3 is 0 Å². The molecule has 0 aliphatic carbocycles. The monoisotopic (exact) mass is 796 g/mol. The first kappa shape index (κ1) is 34.5. The molecule has 1 heteroatoms. The second-order valence-electron chi connectivity index (χ2n) is 17.1. The van der Waals surface area contributed by atoms with Gasteiger partial charge in [0.1, 0.15) is 11.2 Å². The number of rotatable bonds is 4. The number of hydrogen-bond acceptors (Lipinski definition) is 1. The van der Waals surface area contributed by atoms with E-state index in [9.17, 15) is 0 Å². The van der Waals surface area contributed by atoms with Crippen molar-refractivity contribution in [1.82, 2.24) is 0 Å². The smallest absolute Gasteiger partial charge is 0.136 e. The third-order valence-corrected chi connectivity index (χ3v) is 13.8. The van der Waals surface area contributed by atoms with E-state index in [1.54, 1.807) is 0 Å². The van der Waals surface area contributed by atoms with Crippen molar-refractivity contribution >= 4 is 97.3 Å². The molecule has 0 spiro atoms. The van der Waals surface area contributed by atoms with Crippen LogP contribution >= 0.6 is 0 Å². The molecule has 0 atom stereocenters. The van der Waals surface area contributed by atoms with Crippen LogP contribution in [0.25, 0.3) is 142 Å². The van der Waals surface area contributed by atoms with Crippen LogP contribution in [0.2, 0.25) is 0 Å². The first-order valence-corrected chi connectivity index (χ1v) is 21.8. The van der Waals surface area contributed by atoms with E-state index in [-0.39, 0.29) is 0 Å². The molecule has 0 aliphatic heterocycles. The maximum atomic E-state index is 6.90. The van der Waals surface area contributed by atoms with Crippen LogP contribution in [-0.4, -0.2) is 0 Å². The first-order chi connectivity index (χ1) is 31.2. The predicted octanol–water partition coefficient (Wildman–Crippen LogP) is 17.8. The Morgan fingerprint density at radius 3 is 1.57 bits per heavy atom. The highest BCUT2D eigenvalue weighted by Crippen LogP contribution is 2.47. The lowest BCUT2D eigenvalue weighted by Gasteiger charge is -2.17. The lowest BCUT2D eigenvalue weighted by atomic mass is 9.85. The predicted molar refractivity (Wildman–Crippen MR) is 269 cm³/mol. The zero-order chi connectivity index (χ0) is 41.2. The molecule has 0 amide bonds. The minimum absolute atomic E-state index is 0.890. The van der Waals surface area contributed by atoms with Crippen LogP contribution in [0.3, 0.4) is 0 Å². The summed E-state index contributed by atoms with van der Waals surface area (Å²) < 4.78 is 6.90. The minimum Gasteiger partial charge on any atom is -0.456 e. The maximum Gasteiger partial charge on any atom is 0.136 e.